The van der Waals surface area contributed by atoms with Crippen molar-refractivity contribution in [3.8, 4) is 0 Å². The zero-order valence-corrected chi connectivity index (χ0v) is 14.1. The number of hydrogen-bond acceptors (Lipinski definition) is 4. The zero-order valence-electron chi connectivity index (χ0n) is 14.1. The molecule has 1 aromatic heterocycles. The number of aliphatic hydroxyl groups is 1. The van der Waals surface area contributed by atoms with E-state index in [0.717, 1.165) is 44.5 Å². The molecule has 1 saturated carbocycles. The van der Waals surface area contributed by atoms with Crippen molar-refractivity contribution < 1.29 is 14.3 Å². The Kier molecular flexibility index (Phi) is 6.92. The third-order valence-electron chi connectivity index (χ3n) is 4.61. The standard InChI is InChI=1S/C17H29N3O3/c1-3-20(4-2)15(16-6-5-11-23-16)12-18-17(22)19-13-7-9-14(21)10-8-13/h5-6,11,13-15,21H,3-4,7-10,12H2,1-2H3,(H2,18,19,22). The molecule has 3 N–H and O–H groups in total. The molecule has 2 amide bonds. The maximum atomic E-state index is 12.1. The molecule has 0 saturated heterocycles. The van der Waals surface area contributed by atoms with E-state index in [1.807, 2.05) is 12.1 Å². The molecule has 6 heteroatoms. The Morgan fingerprint density at radius 1 is 1.35 bits per heavy atom. The lowest BCUT2D eigenvalue weighted by atomic mass is 9.93. The van der Waals surface area contributed by atoms with Crippen LogP contribution in [0.4, 0.5) is 4.79 Å². The van der Waals surface area contributed by atoms with Gasteiger partial charge in [-0.2, -0.15) is 0 Å². The van der Waals surface area contributed by atoms with Crippen LogP contribution in [-0.4, -0.2) is 47.8 Å². The zero-order chi connectivity index (χ0) is 16.7. The fourth-order valence-corrected chi connectivity index (χ4v) is 3.20. The van der Waals surface area contributed by atoms with Crippen molar-refractivity contribution >= 4 is 6.03 Å². The number of carbonyl (C=O) groups is 1. The van der Waals surface area contributed by atoms with Crippen molar-refractivity contribution in [2.45, 2.75) is 57.7 Å². The molecule has 0 bridgehead atoms. The Hall–Kier alpha value is -1.53. The predicted octanol–water partition coefficient (Wildman–Crippen LogP) is 2.27. The summed E-state index contributed by atoms with van der Waals surface area (Å²) in [5, 5.41) is 15.5. The van der Waals surface area contributed by atoms with Gasteiger partial charge in [0.2, 0.25) is 0 Å². The first kappa shape index (κ1) is 17.8. The van der Waals surface area contributed by atoms with Gasteiger partial charge in [-0.15, -0.1) is 0 Å². The van der Waals surface area contributed by atoms with E-state index in [4.69, 9.17) is 4.42 Å². The van der Waals surface area contributed by atoms with Crippen LogP contribution >= 0.6 is 0 Å². The summed E-state index contributed by atoms with van der Waals surface area (Å²) in [5.74, 6) is 0.870. The summed E-state index contributed by atoms with van der Waals surface area (Å²) in [5.41, 5.74) is 0. The number of nitrogens with zero attached hydrogens (tertiary/aromatic N) is 1. The molecular formula is C17H29N3O3. The second-order valence-corrected chi connectivity index (χ2v) is 6.11. The van der Waals surface area contributed by atoms with Gasteiger partial charge in [0, 0.05) is 12.6 Å². The summed E-state index contributed by atoms with van der Waals surface area (Å²) in [6.45, 7) is 6.51. The van der Waals surface area contributed by atoms with Gasteiger partial charge in [0.25, 0.3) is 0 Å². The van der Waals surface area contributed by atoms with E-state index in [1.165, 1.54) is 0 Å². The van der Waals surface area contributed by atoms with Crippen molar-refractivity contribution in [3.63, 3.8) is 0 Å². The number of nitrogens with one attached hydrogen (secondary N) is 2. The van der Waals surface area contributed by atoms with Crippen LogP contribution in [0.2, 0.25) is 0 Å². The Labute approximate surface area is 138 Å². The van der Waals surface area contributed by atoms with E-state index in [2.05, 4.69) is 29.4 Å². The van der Waals surface area contributed by atoms with Gasteiger partial charge in [-0.05, 0) is 50.9 Å². The molecule has 1 aliphatic carbocycles. The number of rotatable bonds is 7. The minimum absolute atomic E-state index is 0.0407. The Morgan fingerprint density at radius 3 is 2.61 bits per heavy atom. The van der Waals surface area contributed by atoms with E-state index in [9.17, 15) is 9.90 Å². The molecule has 0 spiro atoms. The molecule has 0 radical (unpaired) electrons. The number of furan rings is 1. The van der Waals surface area contributed by atoms with Gasteiger partial charge in [0.05, 0.1) is 18.4 Å². The van der Waals surface area contributed by atoms with Crippen LogP contribution in [0.5, 0.6) is 0 Å². The molecule has 1 heterocycles. The number of aliphatic hydroxyl groups excluding tert-OH is 1. The van der Waals surface area contributed by atoms with Crippen LogP contribution in [-0.2, 0) is 0 Å². The fourth-order valence-electron chi connectivity index (χ4n) is 3.20. The molecule has 0 aromatic carbocycles. The first-order chi connectivity index (χ1) is 11.1. The Balaban J connectivity index is 1.84. The topological polar surface area (TPSA) is 77.7 Å². The highest BCUT2D eigenvalue weighted by atomic mass is 16.3. The van der Waals surface area contributed by atoms with Crippen molar-refractivity contribution in [1.29, 1.82) is 0 Å². The molecule has 6 nitrogen and oxygen atoms in total. The highest BCUT2D eigenvalue weighted by molar-refractivity contribution is 5.74. The van der Waals surface area contributed by atoms with Gasteiger partial charge >= 0.3 is 6.03 Å². The highest BCUT2D eigenvalue weighted by Crippen LogP contribution is 2.20. The van der Waals surface area contributed by atoms with Crippen LogP contribution in [0.25, 0.3) is 0 Å². The van der Waals surface area contributed by atoms with Crippen molar-refractivity contribution in [2.24, 2.45) is 0 Å². The van der Waals surface area contributed by atoms with Crippen molar-refractivity contribution in [1.82, 2.24) is 15.5 Å². The molecule has 23 heavy (non-hydrogen) atoms. The van der Waals surface area contributed by atoms with Crippen molar-refractivity contribution in [2.75, 3.05) is 19.6 Å². The quantitative estimate of drug-likeness (QED) is 0.719. The van der Waals surface area contributed by atoms with Gasteiger partial charge < -0.3 is 20.2 Å². The van der Waals surface area contributed by atoms with Gasteiger partial charge in [0.1, 0.15) is 5.76 Å². The summed E-state index contributed by atoms with van der Waals surface area (Å²) in [6, 6.07) is 3.88. The lowest BCUT2D eigenvalue weighted by Gasteiger charge is -2.29. The third-order valence-corrected chi connectivity index (χ3v) is 4.61. The van der Waals surface area contributed by atoms with E-state index >= 15 is 0 Å². The van der Waals surface area contributed by atoms with Crippen LogP contribution in [0.3, 0.4) is 0 Å². The predicted molar refractivity (Wildman–Crippen MR) is 89.2 cm³/mol. The second-order valence-electron chi connectivity index (χ2n) is 6.11. The molecule has 1 aromatic rings. The van der Waals surface area contributed by atoms with E-state index in [0.29, 0.717) is 6.54 Å². The molecule has 0 aliphatic heterocycles. The SMILES string of the molecule is CCN(CC)C(CNC(=O)NC1CCC(O)CC1)c1ccco1. The average Bonchev–Trinajstić information content (AvgIpc) is 3.08. The average molecular weight is 323 g/mol. The van der Waals surface area contributed by atoms with Gasteiger partial charge in [-0.25, -0.2) is 4.79 Å². The Bertz CT molecular complexity index is 452. The number of amides is 2. The summed E-state index contributed by atoms with van der Waals surface area (Å²) in [6.07, 6.45) is 4.67. The maximum absolute atomic E-state index is 12.1. The van der Waals surface area contributed by atoms with Gasteiger partial charge in [-0.3, -0.25) is 4.90 Å². The largest absolute Gasteiger partial charge is 0.468 e. The van der Waals surface area contributed by atoms with E-state index in [1.54, 1.807) is 6.26 Å². The Morgan fingerprint density at radius 2 is 2.04 bits per heavy atom. The first-order valence-electron chi connectivity index (χ1n) is 8.63. The summed E-state index contributed by atoms with van der Waals surface area (Å²) < 4.78 is 5.53. The molecule has 1 unspecified atom stereocenters. The number of urea groups is 1. The van der Waals surface area contributed by atoms with Crippen LogP contribution < -0.4 is 10.6 Å². The molecule has 1 aliphatic rings. The smallest absolute Gasteiger partial charge is 0.315 e. The van der Waals surface area contributed by atoms with Crippen LogP contribution in [0.1, 0.15) is 51.3 Å². The normalized spacial score (nSPS) is 22.8. The second kappa shape index (κ2) is 8.93. The third kappa shape index (κ3) is 5.25. The van der Waals surface area contributed by atoms with Crippen molar-refractivity contribution in [3.05, 3.63) is 24.2 Å². The number of carbonyl (C=O) groups excluding carboxylic acids is 1. The fraction of sp³-hybridized carbons (Fsp3) is 0.706. The van der Waals surface area contributed by atoms with Crippen LogP contribution in [0, 0.1) is 0 Å². The molecule has 130 valence electrons. The lowest BCUT2D eigenvalue weighted by Crippen LogP contribution is -2.46. The van der Waals surface area contributed by atoms with Gasteiger partial charge in [-0.1, -0.05) is 13.8 Å². The molecule has 1 fully saturated rings. The van der Waals surface area contributed by atoms with E-state index < -0.39 is 0 Å². The summed E-state index contributed by atoms with van der Waals surface area (Å²) in [7, 11) is 0. The maximum Gasteiger partial charge on any atom is 0.315 e. The molecule has 2 rings (SSSR count). The number of hydrogen-bond donors (Lipinski definition) is 3. The van der Waals surface area contributed by atoms with Gasteiger partial charge in [0.15, 0.2) is 0 Å². The summed E-state index contributed by atoms with van der Waals surface area (Å²) in [4.78, 5) is 14.4. The van der Waals surface area contributed by atoms with E-state index in [-0.39, 0.29) is 24.2 Å². The lowest BCUT2D eigenvalue weighted by molar-refractivity contribution is 0.117. The monoisotopic (exact) mass is 323 g/mol. The first-order valence-corrected chi connectivity index (χ1v) is 8.63. The minimum Gasteiger partial charge on any atom is -0.468 e. The van der Waals surface area contributed by atoms with Crippen LogP contribution in [0.15, 0.2) is 22.8 Å². The minimum atomic E-state index is -0.206. The highest BCUT2D eigenvalue weighted by Gasteiger charge is 2.23. The summed E-state index contributed by atoms with van der Waals surface area (Å²) >= 11 is 0. The molecule has 1 atom stereocenters. The number of likely N-dealkylation sites (N-methyl/N-ethyl adjacent to an activating group) is 1. The molecular weight excluding hydrogens is 294 g/mol.